The first kappa shape index (κ1) is 25.5. The number of ether oxygens (including phenoxy) is 3. The summed E-state index contributed by atoms with van der Waals surface area (Å²) >= 11 is 5.41. The predicted molar refractivity (Wildman–Crippen MR) is 122 cm³/mol. The average Bonchev–Trinajstić information content (AvgIpc) is 2.78. The zero-order chi connectivity index (χ0) is 23.3. The monoisotopic (exact) mass is 465 g/mol. The molecule has 1 aliphatic heterocycles. The molecule has 1 atom stereocenters. The predicted octanol–water partition coefficient (Wildman–Crippen LogP) is 1.65. The molecule has 2 amide bonds. The summed E-state index contributed by atoms with van der Waals surface area (Å²) in [4.78, 5) is 39.0. The number of amides is 2. The number of nitrogens with zero attached hydrogens (tertiary/aromatic N) is 1. The van der Waals surface area contributed by atoms with Crippen LogP contribution in [-0.4, -0.2) is 73.4 Å². The van der Waals surface area contributed by atoms with E-state index in [1.807, 2.05) is 6.92 Å². The quantitative estimate of drug-likeness (QED) is 0.289. The lowest BCUT2D eigenvalue weighted by Gasteiger charge is -2.36. The summed E-state index contributed by atoms with van der Waals surface area (Å²) in [6, 6.07) is 6.03. The van der Waals surface area contributed by atoms with Crippen molar-refractivity contribution < 1.29 is 28.6 Å². The smallest absolute Gasteiger partial charge is 0.308 e. The van der Waals surface area contributed by atoms with E-state index in [2.05, 4.69) is 17.6 Å². The fraction of sp³-hybridized carbons (Fsp3) is 0.545. The fourth-order valence-electron chi connectivity index (χ4n) is 3.08. The number of para-hydroxylation sites is 1. The second-order valence-electron chi connectivity index (χ2n) is 7.08. The van der Waals surface area contributed by atoms with E-state index in [0.29, 0.717) is 37.6 Å². The molecule has 2 N–H and O–H groups in total. The molecule has 176 valence electrons. The van der Waals surface area contributed by atoms with Gasteiger partial charge < -0.3 is 24.4 Å². The lowest BCUT2D eigenvalue weighted by molar-refractivity contribution is -0.148. The van der Waals surface area contributed by atoms with Crippen LogP contribution in [0.1, 0.15) is 43.5 Å². The topological polar surface area (TPSA) is 106 Å². The molecule has 1 aromatic carbocycles. The van der Waals surface area contributed by atoms with Crippen molar-refractivity contribution >= 4 is 35.1 Å². The number of carbonyl (C=O) groups is 3. The minimum absolute atomic E-state index is 0.0697. The summed E-state index contributed by atoms with van der Waals surface area (Å²) < 4.78 is 16.0. The molecule has 1 fully saturated rings. The van der Waals surface area contributed by atoms with E-state index in [-0.39, 0.29) is 30.7 Å². The van der Waals surface area contributed by atoms with Crippen LogP contribution < -0.4 is 15.4 Å². The van der Waals surface area contributed by atoms with Crippen molar-refractivity contribution in [2.75, 3.05) is 39.5 Å². The third kappa shape index (κ3) is 7.76. The Bertz CT molecular complexity index is 804. The lowest BCUT2D eigenvalue weighted by Crippen LogP contribution is -2.60. The van der Waals surface area contributed by atoms with Crippen molar-refractivity contribution in [1.82, 2.24) is 15.5 Å². The van der Waals surface area contributed by atoms with Gasteiger partial charge in [-0.05, 0) is 37.7 Å². The number of nitrogens with one attached hydrogen (secondary N) is 2. The van der Waals surface area contributed by atoms with Gasteiger partial charge in [-0.25, -0.2) is 0 Å². The normalized spacial score (nSPS) is 15.6. The van der Waals surface area contributed by atoms with Crippen molar-refractivity contribution in [3.63, 3.8) is 0 Å². The number of esters is 1. The van der Waals surface area contributed by atoms with Crippen molar-refractivity contribution in [2.45, 2.75) is 39.2 Å². The molecule has 10 heteroatoms. The van der Waals surface area contributed by atoms with Crippen molar-refractivity contribution in [3.8, 4) is 5.75 Å². The van der Waals surface area contributed by atoms with E-state index in [0.717, 1.165) is 12.8 Å². The molecule has 1 heterocycles. The molecular formula is C22H31N3O6S. The Hall–Kier alpha value is -2.72. The minimum Gasteiger partial charge on any atom is -0.493 e. The van der Waals surface area contributed by atoms with Gasteiger partial charge >= 0.3 is 5.97 Å². The summed E-state index contributed by atoms with van der Waals surface area (Å²) in [6.45, 7) is 6.03. The van der Waals surface area contributed by atoms with Crippen LogP contribution in [0.2, 0.25) is 0 Å². The summed E-state index contributed by atoms with van der Waals surface area (Å²) in [5.41, 5.74) is 0.347. The molecule has 0 aliphatic carbocycles. The molecule has 0 bridgehead atoms. The van der Waals surface area contributed by atoms with Crippen LogP contribution >= 0.6 is 12.2 Å². The standard InChI is InChI=1S/C22H31N3O6S/c1-3-5-12-30-18-9-7-6-8-16(18)20(27)24-22(32)25-11-10-23-21(28)17(25)15-19(26)31-14-13-29-4-2/h6-9,17H,3-5,10-15H2,1-2H3,(H,23,28)(H,24,27,32). The van der Waals surface area contributed by atoms with Crippen molar-refractivity contribution in [2.24, 2.45) is 0 Å². The number of piperazine rings is 1. The molecule has 1 saturated heterocycles. The summed E-state index contributed by atoms with van der Waals surface area (Å²) in [5, 5.41) is 5.45. The Kier molecular flexibility index (Phi) is 10.9. The molecule has 0 aromatic heterocycles. The van der Waals surface area contributed by atoms with Gasteiger partial charge in [-0.15, -0.1) is 0 Å². The second-order valence-corrected chi connectivity index (χ2v) is 7.47. The Balaban J connectivity index is 2.01. The number of carbonyl (C=O) groups excluding carboxylic acids is 3. The number of unbranched alkanes of at least 4 members (excludes halogenated alkanes) is 1. The first-order valence-corrected chi connectivity index (χ1v) is 11.2. The highest BCUT2D eigenvalue weighted by molar-refractivity contribution is 7.80. The zero-order valence-electron chi connectivity index (χ0n) is 18.6. The van der Waals surface area contributed by atoms with Crippen LogP contribution in [0.4, 0.5) is 0 Å². The van der Waals surface area contributed by atoms with Gasteiger partial charge in [-0.1, -0.05) is 25.5 Å². The van der Waals surface area contributed by atoms with Crippen LogP contribution in [0.15, 0.2) is 24.3 Å². The Morgan fingerprint density at radius 3 is 2.75 bits per heavy atom. The van der Waals surface area contributed by atoms with E-state index in [1.165, 1.54) is 4.90 Å². The van der Waals surface area contributed by atoms with Gasteiger partial charge in [0.1, 0.15) is 18.4 Å². The van der Waals surface area contributed by atoms with Gasteiger partial charge in [-0.2, -0.15) is 0 Å². The molecule has 9 nitrogen and oxygen atoms in total. The fourth-order valence-corrected chi connectivity index (χ4v) is 3.39. The van der Waals surface area contributed by atoms with Gasteiger partial charge in [0.2, 0.25) is 5.91 Å². The Morgan fingerprint density at radius 1 is 1.22 bits per heavy atom. The molecule has 1 unspecified atom stereocenters. The van der Waals surface area contributed by atoms with Crippen molar-refractivity contribution in [1.29, 1.82) is 0 Å². The SMILES string of the molecule is CCCCOc1ccccc1C(=O)NC(=S)N1CCNC(=O)C1CC(=O)OCCOCC. The van der Waals surface area contributed by atoms with Gasteiger partial charge in [0.05, 0.1) is 25.2 Å². The zero-order valence-corrected chi connectivity index (χ0v) is 19.4. The number of thiocarbonyl (C=S) groups is 1. The lowest BCUT2D eigenvalue weighted by atomic mass is 10.1. The minimum atomic E-state index is -0.868. The maximum atomic E-state index is 12.9. The van der Waals surface area contributed by atoms with Crippen LogP contribution in [-0.2, 0) is 19.1 Å². The van der Waals surface area contributed by atoms with Crippen LogP contribution in [0.5, 0.6) is 5.75 Å². The molecule has 0 saturated carbocycles. The highest BCUT2D eigenvalue weighted by Crippen LogP contribution is 2.19. The third-order valence-corrected chi connectivity index (χ3v) is 5.09. The van der Waals surface area contributed by atoms with Crippen LogP contribution in [0, 0.1) is 0 Å². The molecule has 1 aliphatic rings. The van der Waals surface area contributed by atoms with Crippen molar-refractivity contribution in [3.05, 3.63) is 29.8 Å². The van der Waals surface area contributed by atoms with Crippen LogP contribution in [0.25, 0.3) is 0 Å². The summed E-state index contributed by atoms with van der Waals surface area (Å²) in [5.74, 6) is -0.864. The summed E-state index contributed by atoms with van der Waals surface area (Å²) in [6.07, 6.45) is 1.66. The van der Waals surface area contributed by atoms with E-state index in [9.17, 15) is 14.4 Å². The molecule has 0 radical (unpaired) electrons. The van der Waals surface area contributed by atoms with Gasteiger partial charge in [0.25, 0.3) is 5.91 Å². The molecule has 32 heavy (non-hydrogen) atoms. The first-order valence-electron chi connectivity index (χ1n) is 10.8. The van der Waals surface area contributed by atoms with Gasteiger partial charge in [-0.3, -0.25) is 19.7 Å². The molecular weight excluding hydrogens is 434 g/mol. The van der Waals surface area contributed by atoms with E-state index < -0.39 is 17.9 Å². The van der Waals surface area contributed by atoms with E-state index in [1.54, 1.807) is 24.3 Å². The number of hydrogen-bond acceptors (Lipinski definition) is 7. The largest absolute Gasteiger partial charge is 0.493 e. The van der Waals surface area contributed by atoms with Gasteiger partial charge in [0, 0.05) is 19.7 Å². The first-order chi connectivity index (χ1) is 15.5. The Labute approximate surface area is 193 Å². The maximum Gasteiger partial charge on any atom is 0.308 e. The second kappa shape index (κ2) is 13.6. The number of rotatable bonds is 11. The highest BCUT2D eigenvalue weighted by Gasteiger charge is 2.34. The molecule has 0 spiro atoms. The maximum absolute atomic E-state index is 12.9. The number of benzene rings is 1. The number of hydrogen-bond donors (Lipinski definition) is 2. The van der Waals surface area contributed by atoms with E-state index in [4.69, 9.17) is 26.4 Å². The average molecular weight is 466 g/mol. The van der Waals surface area contributed by atoms with Gasteiger partial charge in [0.15, 0.2) is 5.11 Å². The van der Waals surface area contributed by atoms with Crippen LogP contribution in [0.3, 0.4) is 0 Å². The van der Waals surface area contributed by atoms with E-state index >= 15 is 0 Å². The highest BCUT2D eigenvalue weighted by atomic mass is 32.1. The summed E-state index contributed by atoms with van der Waals surface area (Å²) in [7, 11) is 0. The third-order valence-electron chi connectivity index (χ3n) is 4.75. The molecule has 1 aromatic rings. The molecule has 2 rings (SSSR count). The Morgan fingerprint density at radius 2 is 2.00 bits per heavy atom.